The Morgan fingerprint density at radius 1 is 0.657 bits per heavy atom. The van der Waals surface area contributed by atoms with Crippen LogP contribution in [0, 0.1) is 11.8 Å². The number of nitrogens with one attached hydrogen (secondary N) is 5. The molecule has 35 heavy (non-hydrogen) atoms. The summed E-state index contributed by atoms with van der Waals surface area (Å²) in [6, 6.07) is -3.69. The van der Waals surface area contributed by atoms with E-state index in [9.17, 15) is 28.8 Å². The molecular weight excluding hydrogens is 460 g/mol. The van der Waals surface area contributed by atoms with E-state index >= 15 is 0 Å². The number of carboxylic acid groups (broad SMARTS) is 1. The van der Waals surface area contributed by atoms with Gasteiger partial charge in [0.1, 0.15) is 24.7 Å². The predicted octanol–water partition coefficient (Wildman–Crippen LogP) is -1.78. The molecular formula is C22H40N6O7. The Morgan fingerprint density at radius 2 is 1.09 bits per heavy atom. The van der Waals surface area contributed by atoms with Gasteiger partial charge in [-0.05, 0) is 38.5 Å². The van der Waals surface area contributed by atoms with Gasteiger partial charge in [-0.15, -0.1) is 0 Å². The maximum atomic E-state index is 12.5. The Balaban J connectivity index is 4.90. The summed E-state index contributed by atoms with van der Waals surface area (Å²) in [5, 5.41) is 20.9. The molecule has 0 aliphatic rings. The Bertz CT molecular complexity index is 769. The van der Waals surface area contributed by atoms with E-state index in [2.05, 4.69) is 26.6 Å². The quantitative estimate of drug-likeness (QED) is 0.136. The highest BCUT2D eigenvalue weighted by Crippen LogP contribution is 2.06. The van der Waals surface area contributed by atoms with Crippen molar-refractivity contribution in [1.82, 2.24) is 26.6 Å². The summed E-state index contributed by atoms with van der Waals surface area (Å²) < 4.78 is 0. The van der Waals surface area contributed by atoms with Gasteiger partial charge in [0.2, 0.25) is 29.5 Å². The average Bonchev–Trinajstić information content (AvgIpc) is 2.73. The third-order valence-corrected chi connectivity index (χ3v) is 4.70. The summed E-state index contributed by atoms with van der Waals surface area (Å²) in [7, 11) is 0. The molecule has 0 saturated carbocycles. The Labute approximate surface area is 205 Å². The van der Waals surface area contributed by atoms with Gasteiger partial charge in [0.15, 0.2) is 0 Å². The lowest BCUT2D eigenvalue weighted by molar-refractivity contribution is -0.138. The normalized spacial score (nSPS) is 14.3. The first-order chi connectivity index (χ1) is 16.1. The van der Waals surface area contributed by atoms with Crippen LogP contribution in [-0.2, 0) is 28.8 Å². The monoisotopic (exact) mass is 500 g/mol. The summed E-state index contributed by atoms with van der Waals surface area (Å²) in [5.41, 5.74) is 5.53. The minimum absolute atomic E-state index is 0.0255. The number of carbonyl (C=O) groups excluding carboxylic acids is 5. The zero-order chi connectivity index (χ0) is 27.3. The molecule has 200 valence electrons. The molecule has 0 bridgehead atoms. The molecule has 13 heteroatoms. The van der Waals surface area contributed by atoms with Crippen LogP contribution in [0.1, 0.15) is 54.4 Å². The molecule has 13 nitrogen and oxygen atoms in total. The van der Waals surface area contributed by atoms with Crippen LogP contribution in [0.4, 0.5) is 0 Å². The van der Waals surface area contributed by atoms with Crippen molar-refractivity contribution in [3.8, 4) is 0 Å². The van der Waals surface area contributed by atoms with Crippen LogP contribution >= 0.6 is 0 Å². The van der Waals surface area contributed by atoms with Gasteiger partial charge in [0.25, 0.3) is 0 Å². The summed E-state index contributed by atoms with van der Waals surface area (Å²) in [6.45, 7) is 9.29. The van der Waals surface area contributed by atoms with Crippen LogP contribution < -0.4 is 32.3 Å². The van der Waals surface area contributed by atoms with E-state index in [4.69, 9.17) is 10.8 Å². The first kappa shape index (κ1) is 31.8. The zero-order valence-corrected chi connectivity index (χ0v) is 21.3. The fourth-order valence-corrected chi connectivity index (χ4v) is 2.94. The number of hydrogen-bond donors (Lipinski definition) is 7. The third-order valence-electron chi connectivity index (χ3n) is 4.70. The van der Waals surface area contributed by atoms with E-state index in [0.29, 0.717) is 6.42 Å². The van der Waals surface area contributed by atoms with Gasteiger partial charge >= 0.3 is 5.97 Å². The molecule has 0 saturated heterocycles. The van der Waals surface area contributed by atoms with Crippen LogP contribution in [0.3, 0.4) is 0 Å². The second kappa shape index (κ2) is 15.6. The summed E-state index contributed by atoms with van der Waals surface area (Å²) in [4.78, 5) is 72.0. The second-order valence-electron chi connectivity index (χ2n) is 9.29. The van der Waals surface area contributed by atoms with Crippen molar-refractivity contribution in [2.24, 2.45) is 17.6 Å². The Morgan fingerprint density at radius 3 is 1.49 bits per heavy atom. The summed E-state index contributed by atoms with van der Waals surface area (Å²) in [6.07, 6.45) is 0.601. The predicted molar refractivity (Wildman–Crippen MR) is 128 cm³/mol. The molecule has 8 N–H and O–H groups in total. The van der Waals surface area contributed by atoms with Gasteiger partial charge in [-0.25, -0.2) is 0 Å². The van der Waals surface area contributed by atoms with E-state index < -0.39 is 72.8 Å². The number of rotatable bonds is 15. The minimum Gasteiger partial charge on any atom is -0.480 e. The maximum Gasteiger partial charge on any atom is 0.322 e. The molecule has 4 atom stereocenters. The van der Waals surface area contributed by atoms with Crippen molar-refractivity contribution in [2.75, 3.05) is 13.1 Å². The summed E-state index contributed by atoms with van der Waals surface area (Å²) in [5.74, 6) is -4.12. The highest BCUT2D eigenvalue weighted by Gasteiger charge is 2.26. The standard InChI is InChI=1S/C22H40N6O7/c1-11(2)7-15(27-19(32)13(5)23)21(34)24-9-17(29)26-14(6)20(33)28-16(8-12(3)4)22(35)25-10-18(30)31/h11-16H,7-10,23H2,1-6H3,(H,24,34)(H,25,35)(H,26,29)(H,27,32)(H,28,33)(H,30,31)/t13-,14-,15-,16-/m0/s1. The van der Waals surface area contributed by atoms with Crippen LogP contribution in [0.25, 0.3) is 0 Å². The number of nitrogens with two attached hydrogens (primary N) is 1. The van der Waals surface area contributed by atoms with E-state index in [1.54, 1.807) is 0 Å². The van der Waals surface area contributed by atoms with Gasteiger partial charge in [-0.3, -0.25) is 28.8 Å². The van der Waals surface area contributed by atoms with Crippen molar-refractivity contribution >= 4 is 35.5 Å². The first-order valence-corrected chi connectivity index (χ1v) is 11.6. The van der Waals surface area contributed by atoms with Crippen molar-refractivity contribution in [3.63, 3.8) is 0 Å². The molecule has 0 fully saturated rings. The van der Waals surface area contributed by atoms with Crippen molar-refractivity contribution in [2.45, 2.75) is 78.6 Å². The number of aliphatic carboxylic acids is 1. The SMILES string of the molecule is CC(C)C[C@H](NC(=O)[C@H](C)N)C(=O)NCC(=O)N[C@@H](C)C(=O)N[C@@H](CC(C)C)C(=O)NCC(=O)O. The van der Waals surface area contributed by atoms with E-state index in [-0.39, 0.29) is 18.3 Å². The number of carboxylic acids is 1. The molecule has 0 spiro atoms. The highest BCUT2D eigenvalue weighted by atomic mass is 16.4. The number of carbonyl (C=O) groups is 6. The molecule has 0 aliphatic heterocycles. The third kappa shape index (κ3) is 13.9. The Kier molecular flexibility index (Phi) is 14.2. The van der Waals surface area contributed by atoms with E-state index in [1.807, 2.05) is 27.7 Å². The highest BCUT2D eigenvalue weighted by molar-refractivity contribution is 5.94. The number of amides is 5. The molecule has 0 aliphatic carbocycles. The van der Waals surface area contributed by atoms with Crippen molar-refractivity contribution in [1.29, 1.82) is 0 Å². The smallest absolute Gasteiger partial charge is 0.322 e. The lowest BCUT2D eigenvalue weighted by atomic mass is 10.0. The number of hydrogen-bond acceptors (Lipinski definition) is 7. The zero-order valence-electron chi connectivity index (χ0n) is 21.3. The van der Waals surface area contributed by atoms with Gasteiger partial charge in [0.05, 0.1) is 12.6 Å². The Hall–Kier alpha value is -3.22. The van der Waals surface area contributed by atoms with Crippen LogP contribution in [0.5, 0.6) is 0 Å². The fraction of sp³-hybridized carbons (Fsp3) is 0.727. The largest absolute Gasteiger partial charge is 0.480 e. The van der Waals surface area contributed by atoms with E-state index in [0.717, 1.165) is 0 Å². The lowest BCUT2D eigenvalue weighted by Crippen LogP contribution is -2.55. The van der Waals surface area contributed by atoms with E-state index in [1.165, 1.54) is 13.8 Å². The molecule has 0 rings (SSSR count). The minimum atomic E-state index is -1.22. The average molecular weight is 501 g/mol. The van der Waals surface area contributed by atoms with Crippen molar-refractivity contribution < 1.29 is 33.9 Å². The summed E-state index contributed by atoms with van der Waals surface area (Å²) >= 11 is 0. The van der Waals surface area contributed by atoms with Crippen molar-refractivity contribution in [3.05, 3.63) is 0 Å². The molecule has 0 aromatic carbocycles. The van der Waals surface area contributed by atoms with Crippen LogP contribution in [0.2, 0.25) is 0 Å². The molecule has 0 aromatic rings. The molecule has 0 aromatic heterocycles. The molecule has 0 heterocycles. The van der Waals surface area contributed by atoms with Crippen LogP contribution in [0.15, 0.2) is 0 Å². The lowest BCUT2D eigenvalue weighted by Gasteiger charge is -2.23. The molecule has 0 unspecified atom stereocenters. The van der Waals surface area contributed by atoms with Gasteiger partial charge < -0.3 is 37.4 Å². The molecule has 0 radical (unpaired) electrons. The van der Waals surface area contributed by atoms with Crippen LogP contribution in [-0.4, -0.2) is 77.9 Å². The molecule has 5 amide bonds. The van der Waals surface area contributed by atoms with Gasteiger partial charge in [-0.1, -0.05) is 27.7 Å². The van der Waals surface area contributed by atoms with Gasteiger partial charge in [0, 0.05) is 0 Å². The second-order valence-corrected chi connectivity index (χ2v) is 9.29. The fourth-order valence-electron chi connectivity index (χ4n) is 2.94. The maximum absolute atomic E-state index is 12.5. The first-order valence-electron chi connectivity index (χ1n) is 11.6. The topological polar surface area (TPSA) is 209 Å². The van der Waals surface area contributed by atoms with Gasteiger partial charge in [-0.2, -0.15) is 0 Å².